The topological polar surface area (TPSA) is 36.1 Å². The summed E-state index contributed by atoms with van der Waals surface area (Å²) in [5.74, 6) is 0. The van der Waals surface area contributed by atoms with Gasteiger partial charge in [-0.1, -0.05) is 13.0 Å². The van der Waals surface area contributed by atoms with Crippen LogP contribution in [0.15, 0.2) is 29.1 Å². The first-order valence-electron chi connectivity index (χ1n) is 6.95. The summed E-state index contributed by atoms with van der Waals surface area (Å²) in [5.41, 5.74) is 6.34. The lowest BCUT2D eigenvalue weighted by atomic mass is 9.98. The van der Waals surface area contributed by atoms with Crippen LogP contribution >= 0.6 is 0 Å². The normalized spacial score (nSPS) is 10.7. The zero-order chi connectivity index (χ0) is 14.9. The van der Waals surface area contributed by atoms with Gasteiger partial charge in [0.2, 0.25) is 0 Å². The van der Waals surface area contributed by atoms with Gasteiger partial charge in [0.1, 0.15) is 0 Å². The van der Waals surface area contributed by atoms with E-state index in [0.29, 0.717) is 0 Å². The Morgan fingerprint density at radius 1 is 1.10 bits per heavy atom. The maximum Gasteiger partial charge on any atom is 0.251 e. The number of anilines is 1. The molecule has 1 aromatic carbocycles. The Kier molecular flexibility index (Phi) is 3.98. The highest BCUT2D eigenvalue weighted by Gasteiger charge is 2.10. The molecular weight excluding hydrogens is 248 g/mol. The Labute approximate surface area is 120 Å². The summed E-state index contributed by atoms with van der Waals surface area (Å²) in [6.45, 7) is 6.05. The van der Waals surface area contributed by atoms with Gasteiger partial charge in [0, 0.05) is 30.9 Å². The summed E-state index contributed by atoms with van der Waals surface area (Å²) in [6.07, 6.45) is 0.905. The van der Waals surface area contributed by atoms with Gasteiger partial charge in [0.25, 0.3) is 5.56 Å². The van der Waals surface area contributed by atoms with Crippen LogP contribution in [-0.2, 0) is 6.42 Å². The number of nitrogens with zero attached hydrogens (tertiary/aromatic N) is 1. The highest BCUT2D eigenvalue weighted by atomic mass is 16.1. The summed E-state index contributed by atoms with van der Waals surface area (Å²) in [7, 11) is 4.05. The summed E-state index contributed by atoms with van der Waals surface area (Å²) < 4.78 is 0. The molecule has 2 rings (SSSR count). The fraction of sp³-hybridized carbons (Fsp3) is 0.353. The Bertz CT molecular complexity index is 684. The minimum atomic E-state index is -0.00622. The summed E-state index contributed by atoms with van der Waals surface area (Å²) in [6, 6.07) is 8.31. The molecule has 0 spiro atoms. The minimum absolute atomic E-state index is 0.00622. The molecule has 0 saturated carbocycles. The molecule has 20 heavy (non-hydrogen) atoms. The molecule has 1 heterocycles. The molecule has 1 N–H and O–H groups in total. The lowest BCUT2D eigenvalue weighted by Gasteiger charge is -2.16. The first-order chi connectivity index (χ1) is 9.43. The molecular formula is C17H22N2O. The van der Waals surface area contributed by atoms with Crippen LogP contribution in [0, 0.1) is 13.8 Å². The third-order valence-corrected chi connectivity index (χ3v) is 3.69. The van der Waals surface area contributed by atoms with E-state index in [1.165, 1.54) is 16.8 Å². The molecule has 0 amide bonds. The second-order valence-corrected chi connectivity index (χ2v) is 5.43. The first-order valence-corrected chi connectivity index (χ1v) is 6.95. The number of rotatable bonds is 3. The third kappa shape index (κ3) is 2.62. The molecule has 0 atom stereocenters. The maximum atomic E-state index is 11.9. The summed E-state index contributed by atoms with van der Waals surface area (Å²) in [4.78, 5) is 17.0. The number of nitrogens with one attached hydrogen (secondary N) is 1. The number of aromatic amines is 1. The number of H-pyrrole nitrogens is 1. The smallest absolute Gasteiger partial charge is 0.251 e. The molecule has 3 nitrogen and oxygen atoms in total. The van der Waals surface area contributed by atoms with E-state index in [-0.39, 0.29) is 5.56 Å². The van der Waals surface area contributed by atoms with Crippen molar-refractivity contribution in [2.45, 2.75) is 27.2 Å². The highest BCUT2D eigenvalue weighted by Crippen LogP contribution is 2.27. The van der Waals surface area contributed by atoms with E-state index in [2.05, 4.69) is 41.9 Å². The van der Waals surface area contributed by atoms with Crippen molar-refractivity contribution >= 4 is 5.69 Å². The van der Waals surface area contributed by atoms with Gasteiger partial charge in [-0.05, 0) is 49.6 Å². The van der Waals surface area contributed by atoms with Crippen molar-refractivity contribution in [2.24, 2.45) is 0 Å². The SMILES string of the molecule is CCc1cc(C)c(=O)[nH]c1-c1ccc(N(C)C)cc1C. The molecule has 106 valence electrons. The minimum Gasteiger partial charge on any atom is -0.378 e. The Morgan fingerprint density at radius 2 is 1.80 bits per heavy atom. The Hall–Kier alpha value is -2.03. The molecule has 0 radical (unpaired) electrons. The van der Waals surface area contributed by atoms with Gasteiger partial charge < -0.3 is 9.88 Å². The molecule has 1 aromatic heterocycles. The van der Waals surface area contributed by atoms with Gasteiger partial charge in [-0.25, -0.2) is 0 Å². The predicted octanol–water partition coefficient (Wildman–Crippen LogP) is 3.29. The van der Waals surface area contributed by atoms with E-state index in [0.717, 1.165) is 23.2 Å². The molecule has 0 bridgehead atoms. The lowest BCUT2D eigenvalue weighted by molar-refractivity contribution is 1.07. The molecule has 2 aromatic rings. The van der Waals surface area contributed by atoms with Crippen molar-refractivity contribution in [3.63, 3.8) is 0 Å². The zero-order valence-electron chi connectivity index (χ0n) is 12.9. The van der Waals surface area contributed by atoms with Crippen molar-refractivity contribution in [1.82, 2.24) is 4.98 Å². The second-order valence-electron chi connectivity index (χ2n) is 5.43. The fourth-order valence-corrected chi connectivity index (χ4v) is 2.42. The standard InChI is InChI=1S/C17H22N2O/c1-6-13-9-12(3)17(20)18-16(13)15-8-7-14(19(4)5)10-11(15)2/h7-10H,6H2,1-5H3,(H,18,20). The van der Waals surface area contributed by atoms with E-state index in [4.69, 9.17) is 0 Å². The zero-order valence-corrected chi connectivity index (χ0v) is 12.9. The number of aryl methyl sites for hydroxylation is 3. The number of pyridine rings is 1. The van der Waals surface area contributed by atoms with Crippen molar-refractivity contribution in [2.75, 3.05) is 19.0 Å². The predicted molar refractivity (Wildman–Crippen MR) is 85.7 cm³/mol. The highest BCUT2D eigenvalue weighted by molar-refractivity contribution is 5.70. The van der Waals surface area contributed by atoms with Crippen LogP contribution in [0.4, 0.5) is 5.69 Å². The quantitative estimate of drug-likeness (QED) is 0.929. The van der Waals surface area contributed by atoms with Crippen LogP contribution in [0.2, 0.25) is 0 Å². The summed E-state index contributed by atoms with van der Waals surface area (Å²) in [5, 5.41) is 0. The van der Waals surface area contributed by atoms with Crippen LogP contribution in [-0.4, -0.2) is 19.1 Å². The Morgan fingerprint density at radius 3 is 2.35 bits per heavy atom. The number of hydrogen-bond acceptors (Lipinski definition) is 2. The van der Waals surface area contributed by atoms with E-state index < -0.39 is 0 Å². The van der Waals surface area contributed by atoms with Gasteiger partial charge in [-0.2, -0.15) is 0 Å². The molecule has 0 aliphatic heterocycles. The van der Waals surface area contributed by atoms with Crippen molar-refractivity contribution in [3.05, 3.63) is 51.3 Å². The maximum absolute atomic E-state index is 11.9. The second kappa shape index (κ2) is 5.53. The number of benzene rings is 1. The molecule has 0 aliphatic carbocycles. The third-order valence-electron chi connectivity index (χ3n) is 3.69. The first kappa shape index (κ1) is 14.4. The van der Waals surface area contributed by atoms with E-state index in [1.807, 2.05) is 27.1 Å². The average molecular weight is 270 g/mol. The fourth-order valence-electron chi connectivity index (χ4n) is 2.42. The van der Waals surface area contributed by atoms with E-state index in [9.17, 15) is 4.79 Å². The van der Waals surface area contributed by atoms with Crippen LogP contribution in [0.5, 0.6) is 0 Å². The molecule has 3 heteroatoms. The van der Waals surface area contributed by atoms with Crippen LogP contribution in [0.1, 0.15) is 23.6 Å². The average Bonchev–Trinajstić information content (AvgIpc) is 2.41. The number of hydrogen-bond donors (Lipinski definition) is 1. The molecule has 0 aliphatic rings. The Balaban J connectivity index is 2.62. The molecule has 0 saturated heterocycles. The summed E-state index contributed by atoms with van der Waals surface area (Å²) >= 11 is 0. The molecule has 0 unspecified atom stereocenters. The monoisotopic (exact) mass is 270 g/mol. The van der Waals surface area contributed by atoms with Crippen molar-refractivity contribution in [3.8, 4) is 11.3 Å². The van der Waals surface area contributed by atoms with Gasteiger partial charge in [-0.15, -0.1) is 0 Å². The lowest BCUT2D eigenvalue weighted by Crippen LogP contribution is -2.13. The van der Waals surface area contributed by atoms with Crippen LogP contribution < -0.4 is 10.5 Å². The van der Waals surface area contributed by atoms with Crippen LogP contribution in [0.25, 0.3) is 11.3 Å². The van der Waals surface area contributed by atoms with Crippen molar-refractivity contribution < 1.29 is 0 Å². The molecule has 0 fully saturated rings. The van der Waals surface area contributed by atoms with E-state index >= 15 is 0 Å². The number of aromatic nitrogens is 1. The largest absolute Gasteiger partial charge is 0.378 e. The van der Waals surface area contributed by atoms with Gasteiger partial charge in [0.15, 0.2) is 0 Å². The van der Waals surface area contributed by atoms with Gasteiger partial charge in [0.05, 0.1) is 5.69 Å². The van der Waals surface area contributed by atoms with Gasteiger partial charge in [-0.3, -0.25) is 4.79 Å². The van der Waals surface area contributed by atoms with Crippen LogP contribution in [0.3, 0.4) is 0 Å². The van der Waals surface area contributed by atoms with Crippen molar-refractivity contribution in [1.29, 1.82) is 0 Å². The van der Waals surface area contributed by atoms with E-state index in [1.54, 1.807) is 0 Å². The van der Waals surface area contributed by atoms with Gasteiger partial charge >= 0.3 is 0 Å².